The molecule has 1 fully saturated rings. The summed E-state index contributed by atoms with van der Waals surface area (Å²) in [4.78, 5) is 10.8. The van der Waals surface area contributed by atoms with E-state index in [0.29, 0.717) is 32.5 Å². The van der Waals surface area contributed by atoms with Crippen LogP contribution in [0.3, 0.4) is 0 Å². The monoisotopic (exact) mass is 291 g/mol. The maximum absolute atomic E-state index is 11.1. The van der Waals surface area contributed by atoms with Gasteiger partial charge in [0.1, 0.15) is 0 Å². The zero-order valence-electron chi connectivity index (χ0n) is 12.3. The minimum Gasteiger partial charge on any atom is -0.348 e. The largest absolute Gasteiger partial charge is 0.348 e. The molecule has 0 saturated carbocycles. The number of allylic oxidation sites excluding steroid dienone is 2. The van der Waals surface area contributed by atoms with E-state index in [2.05, 4.69) is 0 Å². The first-order chi connectivity index (χ1) is 10.1. The highest BCUT2D eigenvalue weighted by Gasteiger charge is 2.32. The van der Waals surface area contributed by atoms with Crippen molar-refractivity contribution in [2.24, 2.45) is 0 Å². The van der Waals surface area contributed by atoms with Gasteiger partial charge in [-0.2, -0.15) is 0 Å². The van der Waals surface area contributed by atoms with Crippen molar-refractivity contribution in [2.45, 2.75) is 38.4 Å². The maximum Gasteiger partial charge on any atom is 0.242 e. The molecule has 1 heterocycles. The van der Waals surface area contributed by atoms with Crippen molar-refractivity contribution < 1.29 is 14.4 Å². The summed E-state index contributed by atoms with van der Waals surface area (Å²) < 4.78 is 10.9. The van der Waals surface area contributed by atoms with Gasteiger partial charge in [0.05, 0.1) is 18.1 Å². The molecule has 0 amide bonds. The van der Waals surface area contributed by atoms with E-state index in [-0.39, 0.29) is 10.6 Å². The van der Waals surface area contributed by atoms with Gasteiger partial charge in [0, 0.05) is 12.8 Å². The lowest BCUT2D eigenvalue weighted by Gasteiger charge is -2.21. The van der Waals surface area contributed by atoms with Gasteiger partial charge in [-0.3, -0.25) is 10.1 Å². The number of nitro groups is 1. The lowest BCUT2D eigenvalue weighted by atomic mass is 10.1. The van der Waals surface area contributed by atoms with Gasteiger partial charge in [0.25, 0.3) is 0 Å². The standard InChI is InChI=1S/C16H21NO4/c1-16(20-12-13-21-16)11-10-15(17(18)19)9-5-8-14-6-3-2-4-7-14/h2-4,6-7,9H,5,8,10-13H2,1H3/b15-9-. The molecule has 5 heteroatoms. The average molecular weight is 291 g/mol. The molecule has 0 unspecified atom stereocenters. The molecular formula is C16H21NO4. The van der Waals surface area contributed by atoms with Gasteiger partial charge in [-0.25, -0.2) is 0 Å². The van der Waals surface area contributed by atoms with E-state index in [9.17, 15) is 10.1 Å². The van der Waals surface area contributed by atoms with Gasteiger partial charge >= 0.3 is 0 Å². The summed E-state index contributed by atoms with van der Waals surface area (Å²) in [6.45, 7) is 2.95. The van der Waals surface area contributed by atoms with Crippen LogP contribution in [0.25, 0.3) is 0 Å². The quantitative estimate of drug-likeness (QED) is 0.571. The Morgan fingerprint density at radius 1 is 1.33 bits per heavy atom. The molecule has 2 rings (SSSR count). The Labute approximate surface area is 124 Å². The number of benzene rings is 1. The zero-order valence-corrected chi connectivity index (χ0v) is 12.3. The molecule has 0 aliphatic carbocycles. The number of rotatable bonds is 7. The molecule has 0 aromatic heterocycles. The molecule has 1 aliphatic heterocycles. The molecule has 0 radical (unpaired) electrons. The van der Waals surface area contributed by atoms with Crippen molar-refractivity contribution in [1.29, 1.82) is 0 Å². The Bertz CT molecular complexity index is 492. The van der Waals surface area contributed by atoms with E-state index in [4.69, 9.17) is 9.47 Å². The van der Waals surface area contributed by atoms with Gasteiger partial charge in [0.15, 0.2) is 5.79 Å². The van der Waals surface area contributed by atoms with E-state index in [0.717, 1.165) is 6.42 Å². The first-order valence-corrected chi connectivity index (χ1v) is 7.24. The Balaban J connectivity index is 1.86. The SMILES string of the molecule is CC1(CC/C(=C/CCc2ccccc2)[N+](=O)[O-])OCCO1. The highest BCUT2D eigenvalue weighted by Crippen LogP contribution is 2.26. The molecule has 0 N–H and O–H groups in total. The number of hydrogen-bond acceptors (Lipinski definition) is 4. The van der Waals surface area contributed by atoms with Crippen LogP contribution in [0.2, 0.25) is 0 Å². The average Bonchev–Trinajstić information content (AvgIpc) is 2.90. The second kappa shape index (κ2) is 7.33. The first-order valence-electron chi connectivity index (χ1n) is 7.24. The van der Waals surface area contributed by atoms with Gasteiger partial charge in [-0.1, -0.05) is 30.3 Å². The maximum atomic E-state index is 11.1. The number of aryl methyl sites for hydroxylation is 1. The van der Waals surface area contributed by atoms with Gasteiger partial charge in [-0.15, -0.1) is 0 Å². The van der Waals surface area contributed by atoms with Crippen LogP contribution in [0.15, 0.2) is 42.1 Å². The van der Waals surface area contributed by atoms with Crippen molar-refractivity contribution in [3.63, 3.8) is 0 Å². The van der Waals surface area contributed by atoms with E-state index < -0.39 is 5.79 Å². The number of nitrogens with zero attached hydrogens (tertiary/aromatic N) is 1. The molecule has 0 spiro atoms. The smallest absolute Gasteiger partial charge is 0.242 e. The topological polar surface area (TPSA) is 61.6 Å². The van der Waals surface area contributed by atoms with Crippen LogP contribution in [-0.2, 0) is 15.9 Å². The molecule has 1 aromatic carbocycles. The molecule has 114 valence electrons. The Morgan fingerprint density at radius 2 is 2.00 bits per heavy atom. The van der Waals surface area contributed by atoms with E-state index >= 15 is 0 Å². The zero-order chi connectivity index (χ0) is 15.1. The summed E-state index contributed by atoms with van der Waals surface area (Å²) in [5, 5.41) is 11.1. The van der Waals surface area contributed by atoms with Gasteiger partial charge < -0.3 is 9.47 Å². The van der Waals surface area contributed by atoms with Crippen molar-refractivity contribution >= 4 is 0 Å². The summed E-state index contributed by atoms with van der Waals surface area (Å²) in [7, 11) is 0. The van der Waals surface area contributed by atoms with Crippen LogP contribution in [0.4, 0.5) is 0 Å². The molecular weight excluding hydrogens is 270 g/mol. The van der Waals surface area contributed by atoms with Crippen molar-refractivity contribution in [3.05, 3.63) is 57.8 Å². The highest BCUT2D eigenvalue weighted by atomic mass is 16.7. The van der Waals surface area contributed by atoms with E-state index in [1.165, 1.54) is 5.56 Å². The fourth-order valence-corrected chi connectivity index (χ4v) is 2.37. The fourth-order valence-electron chi connectivity index (χ4n) is 2.37. The Hall–Kier alpha value is -1.72. The molecule has 0 bridgehead atoms. The second-order valence-corrected chi connectivity index (χ2v) is 5.31. The molecule has 0 atom stereocenters. The number of ether oxygens (including phenoxy) is 2. The third kappa shape index (κ3) is 4.95. The second-order valence-electron chi connectivity index (χ2n) is 5.31. The van der Waals surface area contributed by atoms with Gasteiger partial charge in [0.2, 0.25) is 5.70 Å². The van der Waals surface area contributed by atoms with Gasteiger partial charge in [-0.05, 0) is 31.4 Å². The van der Waals surface area contributed by atoms with Crippen molar-refractivity contribution in [1.82, 2.24) is 0 Å². The predicted molar refractivity (Wildman–Crippen MR) is 79.4 cm³/mol. The van der Waals surface area contributed by atoms with Crippen molar-refractivity contribution in [2.75, 3.05) is 13.2 Å². The number of hydrogen-bond donors (Lipinski definition) is 0. The van der Waals surface area contributed by atoms with Crippen molar-refractivity contribution in [3.8, 4) is 0 Å². The summed E-state index contributed by atoms with van der Waals surface area (Å²) in [6, 6.07) is 9.97. The minimum absolute atomic E-state index is 0.242. The molecule has 1 aromatic rings. The lowest BCUT2D eigenvalue weighted by molar-refractivity contribution is -0.429. The Morgan fingerprint density at radius 3 is 2.62 bits per heavy atom. The normalized spacial score (nSPS) is 17.9. The van der Waals surface area contributed by atoms with Crippen LogP contribution in [-0.4, -0.2) is 23.9 Å². The lowest BCUT2D eigenvalue weighted by Crippen LogP contribution is -2.25. The summed E-state index contributed by atoms with van der Waals surface area (Å²) in [6.07, 6.45) is 4.05. The molecule has 21 heavy (non-hydrogen) atoms. The molecule has 1 aliphatic rings. The van der Waals surface area contributed by atoms with Crippen LogP contribution in [0.5, 0.6) is 0 Å². The predicted octanol–water partition coefficient (Wildman–Crippen LogP) is 3.32. The summed E-state index contributed by atoms with van der Waals surface area (Å²) in [5.41, 5.74) is 1.43. The van der Waals surface area contributed by atoms with E-state index in [1.54, 1.807) is 6.08 Å². The Kier molecular flexibility index (Phi) is 5.47. The third-order valence-corrected chi connectivity index (χ3v) is 3.62. The van der Waals surface area contributed by atoms with Crippen LogP contribution < -0.4 is 0 Å². The van der Waals surface area contributed by atoms with Crippen LogP contribution >= 0.6 is 0 Å². The first kappa shape index (κ1) is 15.7. The summed E-state index contributed by atoms with van der Waals surface area (Å²) in [5.74, 6) is -0.672. The van der Waals surface area contributed by atoms with Crippen LogP contribution in [0.1, 0.15) is 31.7 Å². The highest BCUT2D eigenvalue weighted by molar-refractivity contribution is 5.15. The third-order valence-electron chi connectivity index (χ3n) is 3.62. The molecule has 5 nitrogen and oxygen atoms in total. The fraction of sp³-hybridized carbons (Fsp3) is 0.500. The summed E-state index contributed by atoms with van der Waals surface area (Å²) >= 11 is 0. The van der Waals surface area contributed by atoms with E-state index in [1.807, 2.05) is 37.3 Å². The molecule has 1 saturated heterocycles. The minimum atomic E-state index is -0.672. The van der Waals surface area contributed by atoms with Crippen LogP contribution in [0, 0.1) is 10.1 Å².